The van der Waals surface area contributed by atoms with Crippen LogP contribution in [-0.2, 0) is 28.4 Å². The van der Waals surface area contributed by atoms with Gasteiger partial charge in [0.25, 0.3) is 0 Å². The van der Waals surface area contributed by atoms with Gasteiger partial charge in [0.2, 0.25) is 0 Å². The van der Waals surface area contributed by atoms with E-state index in [1.165, 1.54) is 24.0 Å². The molecule has 0 amide bonds. The number of hydrogen-bond acceptors (Lipinski definition) is 6. The summed E-state index contributed by atoms with van der Waals surface area (Å²) in [6, 6.07) is 0. The summed E-state index contributed by atoms with van der Waals surface area (Å²) in [6.45, 7) is 13.9. The molecule has 4 heterocycles. The SMILES string of the molecule is C=CCO[C@@]1(C)C[C@@H]2OCC3=CCCC[C@]32O1.C=CCO[C@]1(C)C[C@@H]2OCC3=CCCC[C@]32O1. The van der Waals surface area contributed by atoms with Crippen molar-refractivity contribution in [1.82, 2.24) is 0 Å². The second kappa shape index (κ2) is 9.30. The van der Waals surface area contributed by atoms with Crippen LogP contribution < -0.4 is 0 Å². The van der Waals surface area contributed by atoms with Crippen LogP contribution in [0, 0.1) is 0 Å². The largest absolute Gasteiger partial charge is 0.370 e. The van der Waals surface area contributed by atoms with Crippen molar-refractivity contribution in [2.45, 2.75) is 100 Å². The van der Waals surface area contributed by atoms with Gasteiger partial charge in [0.15, 0.2) is 11.6 Å². The lowest BCUT2D eigenvalue weighted by Crippen LogP contribution is -2.40. The molecule has 6 atom stereocenters. The number of rotatable bonds is 6. The summed E-state index contributed by atoms with van der Waals surface area (Å²) in [5, 5.41) is 0. The maximum Gasteiger partial charge on any atom is 0.169 e. The molecule has 4 fully saturated rings. The van der Waals surface area contributed by atoms with Crippen molar-refractivity contribution in [3.63, 3.8) is 0 Å². The van der Waals surface area contributed by atoms with Gasteiger partial charge in [0.05, 0.1) is 38.6 Å². The molecule has 0 aromatic carbocycles. The Morgan fingerprint density at radius 3 is 1.68 bits per heavy atom. The van der Waals surface area contributed by atoms with Crippen LogP contribution in [0.1, 0.15) is 65.2 Å². The van der Waals surface area contributed by atoms with E-state index >= 15 is 0 Å². The molecular formula is C28H40O6. The molecule has 0 unspecified atom stereocenters. The first-order valence-corrected chi connectivity index (χ1v) is 12.9. The molecule has 6 rings (SSSR count). The van der Waals surface area contributed by atoms with E-state index in [4.69, 9.17) is 28.4 Å². The summed E-state index contributed by atoms with van der Waals surface area (Å²) in [4.78, 5) is 0. The molecular weight excluding hydrogens is 432 g/mol. The average molecular weight is 473 g/mol. The molecule has 6 heteroatoms. The van der Waals surface area contributed by atoms with Crippen LogP contribution in [0.5, 0.6) is 0 Å². The highest BCUT2D eigenvalue weighted by molar-refractivity contribution is 5.31. The Morgan fingerprint density at radius 1 is 0.824 bits per heavy atom. The molecule has 0 N–H and O–H groups in total. The Bertz CT molecular complexity index is 795. The van der Waals surface area contributed by atoms with Gasteiger partial charge in [-0.05, 0) is 63.5 Å². The third-order valence-electron chi connectivity index (χ3n) is 8.21. The van der Waals surface area contributed by atoms with Gasteiger partial charge >= 0.3 is 0 Å². The number of ether oxygens (including phenoxy) is 6. The molecule has 0 bridgehead atoms. The van der Waals surface area contributed by atoms with Crippen LogP contribution in [0.3, 0.4) is 0 Å². The van der Waals surface area contributed by atoms with Gasteiger partial charge in [-0.25, -0.2) is 0 Å². The van der Waals surface area contributed by atoms with E-state index in [0.717, 1.165) is 51.7 Å². The van der Waals surface area contributed by atoms with Crippen LogP contribution >= 0.6 is 0 Å². The summed E-state index contributed by atoms with van der Waals surface area (Å²) < 4.78 is 35.9. The summed E-state index contributed by atoms with van der Waals surface area (Å²) in [5.41, 5.74) is 2.29. The molecule has 6 nitrogen and oxygen atoms in total. The van der Waals surface area contributed by atoms with Crippen LogP contribution in [-0.4, -0.2) is 61.4 Å². The molecule has 0 aromatic rings. The number of hydrogen-bond donors (Lipinski definition) is 0. The normalized spacial score (nSPS) is 44.1. The Balaban J connectivity index is 0.000000142. The second-order valence-electron chi connectivity index (χ2n) is 10.7. The van der Waals surface area contributed by atoms with Gasteiger partial charge in [-0.1, -0.05) is 24.3 Å². The summed E-state index contributed by atoms with van der Waals surface area (Å²) >= 11 is 0. The standard InChI is InChI=1S/2C14H20O3/c2*1-3-8-16-13(2)9-12-14(17-13)7-5-4-6-11(14)10-15-12/h2*3,6,12H,1,4-5,7-10H2,2H3/t12-,13+,14-;12-,13-,14-/m00/s1. The first kappa shape index (κ1) is 24.4. The Morgan fingerprint density at radius 2 is 1.26 bits per heavy atom. The first-order valence-electron chi connectivity index (χ1n) is 12.9. The van der Waals surface area contributed by atoms with E-state index < -0.39 is 11.6 Å². The van der Waals surface area contributed by atoms with Crippen LogP contribution in [0.25, 0.3) is 0 Å². The zero-order valence-electron chi connectivity index (χ0n) is 20.8. The lowest BCUT2D eigenvalue weighted by Gasteiger charge is -2.34. The van der Waals surface area contributed by atoms with Gasteiger partial charge in [-0.15, -0.1) is 13.2 Å². The lowest BCUT2D eigenvalue weighted by molar-refractivity contribution is -0.229. The fourth-order valence-corrected chi connectivity index (χ4v) is 6.68. The zero-order chi connectivity index (χ0) is 23.9. The van der Waals surface area contributed by atoms with E-state index in [2.05, 4.69) is 25.3 Å². The quantitative estimate of drug-likeness (QED) is 0.499. The van der Waals surface area contributed by atoms with E-state index in [-0.39, 0.29) is 23.4 Å². The van der Waals surface area contributed by atoms with E-state index in [9.17, 15) is 0 Å². The van der Waals surface area contributed by atoms with Crippen molar-refractivity contribution in [2.24, 2.45) is 0 Å². The minimum atomic E-state index is -0.518. The monoisotopic (exact) mass is 472 g/mol. The summed E-state index contributed by atoms with van der Waals surface area (Å²) in [5.74, 6) is -1.04. The molecule has 188 valence electrons. The van der Waals surface area contributed by atoms with Crippen molar-refractivity contribution in [3.8, 4) is 0 Å². The molecule has 34 heavy (non-hydrogen) atoms. The first-order chi connectivity index (χ1) is 16.4. The van der Waals surface area contributed by atoms with E-state index in [1.807, 2.05) is 13.8 Å². The zero-order valence-corrected chi connectivity index (χ0v) is 20.8. The Hall–Kier alpha value is -1.28. The topological polar surface area (TPSA) is 55.4 Å². The maximum absolute atomic E-state index is 6.30. The minimum Gasteiger partial charge on any atom is -0.370 e. The summed E-state index contributed by atoms with van der Waals surface area (Å²) in [7, 11) is 0. The maximum atomic E-state index is 6.30. The van der Waals surface area contributed by atoms with Gasteiger partial charge in [0.1, 0.15) is 11.2 Å². The van der Waals surface area contributed by atoms with Crippen molar-refractivity contribution < 1.29 is 28.4 Å². The van der Waals surface area contributed by atoms with Crippen LogP contribution in [0.4, 0.5) is 0 Å². The van der Waals surface area contributed by atoms with Gasteiger partial charge in [-0.3, -0.25) is 0 Å². The van der Waals surface area contributed by atoms with Crippen LogP contribution in [0.2, 0.25) is 0 Å². The molecule has 6 aliphatic rings. The van der Waals surface area contributed by atoms with Crippen molar-refractivity contribution in [1.29, 1.82) is 0 Å². The Kier molecular flexibility index (Phi) is 6.68. The molecule has 0 saturated carbocycles. The lowest BCUT2D eigenvalue weighted by atomic mass is 9.81. The molecule has 2 aliphatic carbocycles. The second-order valence-corrected chi connectivity index (χ2v) is 10.7. The smallest absolute Gasteiger partial charge is 0.169 e. The predicted molar refractivity (Wildman–Crippen MR) is 129 cm³/mol. The van der Waals surface area contributed by atoms with Gasteiger partial charge in [-0.2, -0.15) is 0 Å². The summed E-state index contributed by atoms with van der Waals surface area (Å²) in [6.07, 6.45) is 16.9. The highest BCUT2D eigenvalue weighted by atomic mass is 16.7. The fraction of sp³-hybridized carbons (Fsp3) is 0.714. The molecule has 2 spiro atoms. The predicted octanol–water partition coefficient (Wildman–Crippen LogP) is 5.15. The molecule has 4 aliphatic heterocycles. The van der Waals surface area contributed by atoms with Gasteiger partial charge < -0.3 is 28.4 Å². The van der Waals surface area contributed by atoms with Crippen molar-refractivity contribution in [3.05, 3.63) is 48.6 Å². The van der Waals surface area contributed by atoms with E-state index in [1.54, 1.807) is 12.2 Å². The third kappa shape index (κ3) is 4.16. The average Bonchev–Trinajstić information content (AvgIpc) is 3.50. The Labute approximate surface area is 203 Å². The highest BCUT2D eigenvalue weighted by Gasteiger charge is 2.61. The van der Waals surface area contributed by atoms with Crippen molar-refractivity contribution in [2.75, 3.05) is 26.4 Å². The highest BCUT2D eigenvalue weighted by Crippen LogP contribution is 2.53. The minimum absolute atomic E-state index is 0.170. The fourth-order valence-electron chi connectivity index (χ4n) is 6.68. The van der Waals surface area contributed by atoms with E-state index in [0.29, 0.717) is 13.2 Å². The van der Waals surface area contributed by atoms with Crippen LogP contribution in [0.15, 0.2) is 48.6 Å². The molecule has 0 aromatic heterocycles. The number of allylic oxidation sites excluding steroid dienone is 2. The molecule has 4 saturated heterocycles. The third-order valence-corrected chi connectivity index (χ3v) is 8.21. The molecule has 0 radical (unpaired) electrons. The van der Waals surface area contributed by atoms with Crippen molar-refractivity contribution >= 4 is 0 Å². The van der Waals surface area contributed by atoms with Gasteiger partial charge in [0, 0.05) is 12.8 Å².